The monoisotopic (exact) mass is 399 g/mol. The maximum Gasteiger partial charge on any atom is 0.314 e. The Labute approximate surface area is 174 Å². The van der Waals surface area contributed by atoms with Crippen LogP contribution in [0.2, 0.25) is 0 Å². The van der Waals surface area contributed by atoms with Crippen LogP contribution in [-0.4, -0.2) is 43.9 Å². The number of nitrogens with one attached hydrogen (secondary N) is 3. The van der Waals surface area contributed by atoms with Gasteiger partial charge in [0.05, 0.1) is 6.61 Å². The quantitative estimate of drug-likeness (QED) is 0.191. The van der Waals surface area contributed by atoms with Gasteiger partial charge in [-0.2, -0.15) is 0 Å². The average Bonchev–Trinajstić information content (AvgIpc) is 2.70. The molecule has 0 aliphatic heterocycles. The molecule has 0 aromatic rings. The van der Waals surface area contributed by atoms with Crippen LogP contribution in [0.25, 0.3) is 0 Å². The summed E-state index contributed by atoms with van der Waals surface area (Å²) in [4.78, 5) is 11.5. The minimum Gasteiger partial charge on any atom is -0.395 e. The van der Waals surface area contributed by atoms with Crippen molar-refractivity contribution in [1.82, 2.24) is 16.0 Å². The van der Waals surface area contributed by atoms with Crippen molar-refractivity contribution < 1.29 is 9.90 Å². The van der Waals surface area contributed by atoms with Gasteiger partial charge in [0, 0.05) is 26.2 Å². The van der Waals surface area contributed by atoms with E-state index >= 15 is 0 Å². The third-order valence-corrected chi connectivity index (χ3v) is 5.19. The van der Waals surface area contributed by atoms with Crippen LogP contribution in [0.1, 0.15) is 110 Å². The van der Waals surface area contributed by atoms with Gasteiger partial charge in [-0.25, -0.2) is 4.79 Å². The minimum absolute atomic E-state index is 0.0910. The normalized spacial score (nSPS) is 10.9. The Bertz CT molecular complexity index is 314. The molecule has 28 heavy (non-hydrogen) atoms. The van der Waals surface area contributed by atoms with Gasteiger partial charge >= 0.3 is 6.03 Å². The molecule has 0 unspecified atom stereocenters. The first-order valence-corrected chi connectivity index (χ1v) is 12.1. The van der Waals surface area contributed by atoms with Crippen molar-refractivity contribution in [3.8, 4) is 0 Å². The predicted molar refractivity (Wildman–Crippen MR) is 121 cm³/mol. The zero-order valence-corrected chi connectivity index (χ0v) is 18.7. The molecule has 0 saturated carbocycles. The summed E-state index contributed by atoms with van der Waals surface area (Å²) >= 11 is 0. The lowest BCUT2D eigenvalue weighted by molar-refractivity contribution is 0.240. The molecule has 0 aliphatic carbocycles. The van der Waals surface area contributed by atoms with Crippen LogP contribution in [0.3, 0.4) is 0 Å². The average molecular weight is 400 g/mol. The number of carbonyl (C=O) groups is 1. The first kappa shape index (κ1) is 27.2. The number of aliphatic hydroxyl groups is 1. The third-order valence-electron chi connectivity index (χ3n) is 5.19. The Balaban J connectivity index is 3.09. The van der Waals surface area contributed by atoms with Crippen molar-refractivity contribution >= 4 is 6.03 Å². The van der Waals surface area contributed by atoms with Crippen LogP contribution in [-0.2, 0) is 0 Å². The first-order chi connectivity index (χ1) is 13.8. The van der Waals surface area contributed by atoms with Crippen LogP contribution in [0.4, 0.5) is 4.79 Å². The van der Waals surface area contributed by atoms with Crippen LogP contribution in [0, 0.1) is 0 Å². The highest BCUT2D eigenvalue weighted by atomic mass is 16.3. The smallest absolute Gasteiger partial charge is 0.314 e. The maximum atomic E-state index is 11.5. The van der Waals surface area contributed by atoms with E-state index in [0.717, 1.165) is 13.0 Å². The molecule has 4 N–H and O–H groups in total. The number of amides is 2. The van der Waals surface area contributed by atoms with Gasteiger partial charge in [-0.15, -0.1) is 0 Å². The van der Waals surface area contributed by atoms with Gasteiger partial charge in [0.25, 0.3) is 0 Å². The van der Waals surface area contributed by atoms with Gasteiger partial charge in [-0.3, -0.25) is 0 Å². The van der Waals surface area contributed by atoms with Crippen molar-refractivity contribution in [3.63, 3.8) is 0 Å². The summed E-state index contributed by atoms with van der Waals surface area (Å²) in [6.07, 6.45) is 21.9. The second kappa shape index (κ2) is 24.2. The standard InChI is InChI=1S/C23H49N3O2/c1-2-3-4-5-6-7-8-9-10-11-12-13-14-15-16-17-18-25-23(28)26-20-19-24-21-22-27/h24,27H,2-22H2,1H3,(H2,25,26,28). The molecular weight excluding hydrogens is 350 g/mol. The number of rotatable bonds is 22. The lowest BCUT2D eigenvalue weighted by Gasteiger charge is -2.08. The molecule has 0 atom stereocenters. The predicted octanol–water partition coefficient (Wildman–Crippen LogP) is 5.13. The van der Waals surface area contributed by atoms with E-state index in [4.69, 9.17) is 5.11 Å². The number of hydrogen-bond acceptors (Lipinski definition) is 3. The van der Waals surface area contributed by atoms with Crippen molar-refractivity contribution in [2.75, 3.05) is 32.8 Å². The SMILES string of the molecule is CCCCCCCCCCCCCCCCCCNC(=O)NCCNCCO. The number of urea groups is 1. The Morgan fingerprint density at radius 3 is 1.46 bits per heavy atom. The Hall–Kier alpha value is -0.810. The van der Waals surface area contributed by atoms with Crippen LogP contribution >= 0.6 is 0 Å². The molecule has 0 spiro atoms. The number of hydrogen-bond donors (Lipinski definition) is 4. The molecule has 5 nitrogen and oxygen atoms in total. The fraction of sp³-hybridized carbons (Fsp3) is 0.957. The van der Waals surface area contributed by atoms with E-state index in [2.05, 4.69) is 22.9 Å². The molecule has 0 radical (unpaired) electrons. The molecule has 0 saturated heterocycles. The lowest BCUT2D eigenvalue weighted by Crippen LogP contribution is -2.39. The fourth-order valence-electron chi connectivity index (χ4n) is 3.41. The molecule has 5 heteroatoms. The van der Waals surface area contributed by atoms with Gasteiger partial charge in [0.15, 0.2) is 0 Å². The maximum absolute atomic E-state index is 11.5. The van der Waals surface area contributed by atoms with E-state index in [9.17, 15) is 4.79 Å². The van der Waals surface area contributed by atoms with E-state index in [0.29, 0.717) is 19.6 Å². The number of carbonyl (C=O) groups excluding carboxylic acids is 1. The van der Waals surface area contributed by atoms with Crippen molar-refractivity contribution in [2.45, 2.75) is 110 Å². The van der Waals surface area contributed by atoms with Crippen molar-refractivity contribution in [1.29, 1.82) is 0 Å². The molecule has 168 valence electrons. The Morgan fingerprint density at radius 1 is 0.571 bits per heavy atom. The van der Waals surface area contributed by atoms with Crippen LogP contribution in [0.5, 0.6) is 0 Å². The zero-order chi connectivity index (χ0) is 20.5. The molecule has 2 amide bonds. The Morgan fingerprint density at radius 2 is 1.00 bits per heavy atom. The fourth-order valence-corrected chi connectivity index (χ4v) is 3.41. The molecule has 0 heterocycles. The second-order valence-corrected chi connectivity index (χ2v) is 7.96. The molecule has 0 aliphatic rings. The van der Waals surface area contributed by atoms with Gasteiger partial charge < -0.3 is 21.1 Å². The summed E-state index contributed by atoms with van der Waals surface area (Å²) in [5.41, 5.74) is 0. The first-order valence-electron chi connectivity index (χ1n) is 12.1. The summed E-state index contributed by atoms with van der Waals surface area (Å²) < 4.78 is 0. The molecule has 0 rings (SSSR count). The largest absolute Gasteiger partial charge is 0.395 e. The van der Waals surface area contributed by atoms with Gasteiger partial charge in [0.2, 0.25) is 0 Å². The number of aliphatic hydroxyl groups excluding tert-OH is 1. The summed E-state index contributed by atoms with van der Waals surface area (Å²) in [6, 6.07) is -0.0910. The second-order valence-electron chi connectivity index (χ2n) is 7.96. The van der Waals surface area contributed by atoms with E-state index in [1.807, 2.05) is 0 Å². The topological polar surface area (TPSA) is 73.4 Å². The van der Waals surface area contributed by atoms with Crippen LogP contribution < -0.4 is 16.0 Å². The highest BCUT2D eigenvalue weighted by Gasteiger charge is 1.98. The molecule has 0 aromatic heterocycles. The molecule has 0 bridgehead atoms. The molecule has 0 aromatic carbocycles. The van der Waals surface area contributed by atoms with Crippen LogP contribution in [0.15, 0.2) is 0 Å². The Kier molecular flexibility index (Phi) is 23.5. The van der Waals surface area contributed by atoms with E-state index in [1.54, 1.807) is 0 Å². The van der Waals surface area contributed by atoms with E-state index in [1.165, 1.54) is 96.3 Å². The van der Waals surface area contributed by atoms with Crippen molar-refractivity contribution in [2.24, 2.45) is 0 Å². The van der Waals surface area contributed by atoms with E-state index < -0.39 is 0 Å². The summed E-state index contributed by atoms with van der Waals surface area (Å²) in [5.74, 6) is 0. The molecular formula is C23H49N3O2. The highest BCUT2D eigenvalue weighted by molar-refractivity contribution is 5.73. The molecule has 0 fully saturated rings. The summed E-state index contributed by atoms with van der Waals surface area (Å²) in [7, 11) is 0. The van der Waals surface area contributed by atoms with Crippen molar-refractivity contribution in [3.05, 3.63) is 0 Å². The van der Waals surface area contributed by atoms with Gasteiger partial charge in [-0.05, 0) is 6.42 Å². The minimum atomic E-state index is -0.0910. The summed E-state index contributed by atoms with van der Waals surface area (Å²) in [6.45, 7) is 5.02. The van der Waals surface area contributed by atoms with Gasteiger partial charge in [-0.1, -0.05) is 103 Å². The van der Waals surface area contributed by atoms with E-state index in [-0.39, 0.29) is 12.6 Å². The zero-order valence-electron chi connectivity index (χ0n) is 18.7. The van der Waals surface area contributed by atoms with Gasteiger partial charge in [0.1, 0.15) is 0 Å². The number of unbranched alkanes of at least 4 members (excludes halogenated alkanes) is 15. The lowest BCUT2D eigenvalue weighted by atomic mass is 10.0. The third kappa shape index (κ3) is 23.2. The highest BCUT2D eigenvalue weighted by Crippen LogP contribution is 2.13. The summed E-state index contributed by atoms with van der Waals surface area (Å²) in [5, 5.41) is 17.3.